The maximum Gasteiger partial charge on any atom is 0.303 e. The number of carboxylic acid groups (broad SMARTS) is 1. The molecular formula is C6H9NO2. The van der Waals surface area contributed by atoms with Gasteiger partial charge in [-0.25, -0.2) is 0 Å². The van der Waals surface area contributed by atoms with Crippen molar-refractivity contribution in [3.63, 3.8) is 0 Å². The van der Waals surface area contributed by atoms with Crippen molar-refractivity contribution in [2.24, 2.45) is 5.73 Å². The summed E-state index contributed by atoms with van der Waals surface area (Å²) in [4.78, 5) is 9.90. The lowest BCUT2D eigenvalue weighted by Crippen LogP contribution is -2.18. The smallest absolute Gasteiger partial charge is 0.303 e. The number of carboxylic acids is 1. The van der Waals surface area contributed by atoms with Crippen LogP contribution in [0.1, 0.15) is 12.8 Å². The highest BCUT2D eigenvalue weighted by Gasteiger charge is 2.00. The molecule has 0 bridgehead atoms. The van der Waals surface area contributed by atoms with Gasteiger partial charge < -0.3 is 10.8 Å². The minimum absolute atomic E-state index is 0.0470. The van der Waals surface area contributed by atoms with Crippen LogP contribution in [-0.2, 0) is 4.79 Å². The van der Waals surface area contributed by atoms with Crippen LogP contribution in [0.25, 0.3) is 0 Å². The molecule has 3 N–H and O–H groups in total. The van der Waals surface area contributed by atoms with Crippen molar-refractivity contribution in [3.05, 3.63) is 0 Å². The molecule has 0 aromatic rings. The molecule has 0 amide bonds. The van der Waals surface area contributed by atoms with Crippen molar-refractivity contribution in [3.8, 4) is 12.3 Å². The van der Waals surface area contributed by atoms with Gasteiger partial charge in [-0.1, -0.05) is 5.92 Å². The van der Waals surface area contributed by atoms with E-state index in [4.69, 9.17) is 17.3 Å². The molecule has 50 valence electrons. The van der Waals surface area contributed by atoms with Crippen molar-refractivity contribution < 1.29 is 9.90 Å². The molecule has 3 nitrogen and oxygen atoms in total. The maximum atomic E-state index is 9.90. The Kier molecular flexibility index (Phi) is 3.49. The lowest BCUT2D eigenvalue weighted by molar-refractivity contribution is -0.137. The predicted octanol–water partition coefficient (Wildman–Crippen LogP) is -0.188. The molecule has 0 aromatic heterocycles. The van der Waals surface area contributed by atoms with Crippen molar-refractivity contribution in [1.82, 2.24) is 0 Å². The van der Waals surface area contributed by atoms with Crippen molar-refractivity contribution in [2.45, 2.75) is 18.9 Å². The minimum Gasteiger partial charge on any atom is -0.481 e. The molecule has 0 saturated carbocycles. The van der Waals surface area contributed by atoms with E-state index in [0.29, 0.717) is 6.42 Å². The fourth-order valence-electron chi connectivity index (χ4n) is 0.362. The molecule has 0 fully saturated rings. The molecule has 0 aliphatic rings. The lowest BCUT2D eigenvalue weighted by atomic mass is 10.2. The van der Waals surface area contributed by atoms with Gasteiger partial charge >= 0.3 is 5.97 Å². The van der Waals surface area contributed by atoms with Crippen LogP contribution in [-0.4, -0.2) is 17.1 Å². The summed E-state index contributed by atoms with van der Waals surface area (Å²) >= 11 is 0. The van der Waals surface area contributed by atoms with Gasteiger partial charge in [0.25, 0.3) is 0 Å². The van der Waals surface area contributed by atoms with Crippen LogP contribution in [0.4, 0.5) is 0 Å². The fraction of sp³-hybridized carbons (Fsp3) is 0.500. The van der Waals surface area contributed by atoms with Crippen molar-refractivity contribution in [2.75, 3.05) is 0 Å². The third kappa shape index (κ3) is 4.85. The molecule has 0 saturated heterocycles. The van der Waals surface area contributed by atoms with Gasteiger partial charge in [0, 0.05) is 6.42 Å². The molecule has 0 unspecified atom stereocenters. The zero-order valence-corrected chi connectivity index (χ0v) is 5.00. The number of hydrogen-bond acceptors (Lipinski definition) is 2. The number of rotatable bonds is 3. The Bertz CT molecular complexity index is 136. The number of terminal acetylenes is 1. The largest absolute Gasteiger partial charge is 0.481 e. The van der Waals surface area contributed by atoms with E-state index in [9.17, 15) is 4.79 Å². The average molecular weight is 127 g/mol. The first-order valence-electron chi connectivity index (χ1n) is 2.60. The van der Waals surface area contributed by atoms with Crippen LogP contribution in [0, 0.1) is 12.3 Å². The summed E-state index contributed by atoms with van der Waals surface area (Å²) in [7, 11) is 0. The third-order valence-electron chi connectivity index (χ3n) is 0.883. The van der Waals surface area contributed by atoms with Crippen LogP contribution in [0.2, 0.25) is 0 Å². The van der Waals surface area contributed by atoms with E-state index < -0.39 is 12.0 Å². The second-order valence-corrected chi connectivity index (χ2v) is 1.71. The summed E-state index contributed by atoms with van der Waals surface area (Å²) in [6.45, 7) is 0. The third-order valence-corrected chi connectivity index (χ3v) is 0.883. The van der Waals surface area contributed by atoms with Crippen molar-refractivity contribution in [1.29, 1.82) is 0 Å². The summed E-state index contributed by atoms with van der Waals surface area (Å²) in [5, 5.41) is 8.13. The van der Waals surface area contributed by atoms with E-state index in [0.717, 1.165) is 0 Å². The SMILES string of the molecule is C#C[C@@H](N)CCC(=O)O. The summed E-state index contributed by atoms with van der Waals surface area (Å²) < 4.78 is 0. The van der Waals surface area contributed by atoms with Crippen LogP contribution >= 0.6 is 0 Å². The Morgan fingerprint density at radius 1 is 1.89 bits per heavy atom. The number of carbonyl (C=O) groups is 1. The second-order valence-electron chi connectivity index (χ2n) is 1.71. The summed E-state index contributed by atoms with van der Waals surface area (Å²) in [5.41, 5.74) is 5.22. The Balaban J connectivity index is 3.30. The topological polar surface area (TPSA) is 63.3 Å². The molecule has 0 heterocycles. The molecule has 1 atom stereocenters. The fourth-order valence-corrected chi connectivity index (χ4v) is 0.362. The number of hydrogen-bond donors (Lipinski definition) is 2. The van der Waals surface area contributed by atoms with Gasteiger partial charge in [0.05, 0.1) is 6.04 Å². The van der Waals surface area contributed by atoms with E-state index in [1.165, 1.54) is 0 Å². The molecule has 0 spiro atoms. The van der Waals surface area contributed by atoms with E-state index in [1.807, 2.05) is 0 Å². The molecule has 0 radical (unpaired) electrons. The maximum absolute atomic E-state index is 9.90. The number of aliphatic carboxylic acids is 1. The zero-order chi connectivity index (χ0) is 7.28. The van der Waals surface area contributed by atoms with Gasteiger partial charge in [0.2, 0.25) is 0 Å². The quantitative estimate of drug-likeness (QED) is 0.516. The van der Waals surface area contributed by atoms with E-state index in [-0.39, 0.29) is 6.42 Å². The minimum atomic E-state index is -0.860. The van der Waals surface area contributed by atoms with Crippen LogP contribution in [0.3, 0.4) is 0 Å². The summed E-state index contributed by atoms with van der Waals surface area (Å²) in [6, 6.07) is -0.416. The molecular weight excluding hydrogens is 118 g/mol. The normalized spacial score (nSPS) is 12.0. The Labute approximate surface area is 53.9 Å². The van der Waals surface area contributed by atoms with Gasteiger partial charge in [-0.05, 0) is 6.42 Å². The van der Waals surface area contributed by atoms with Crippen LogP contribution in [0.5, 0.6) is 0 Å². The van der Waals surface area contributed by atoms with Gasteiger partial charge in [0.15, 0.2) is 0 Å². The van der Waals surface area contributed by atoms with E-state index in [2.05, 4.69) is 5.92 Å². The molecule has 9 heavy (non-hydrogen) atoms. The molecule has 3 heteroatoms. The van der Waals surface area contributed by atoms with Gasteiger partial charge in [0.1, 0.15) is 0 Å². The van der Waals surface area contributed by atoms with E-state index in [1.54, 1.807) is 0 Å². The summed E-state index contributed by atoms with van der Waals surface area (Å²) in [5.74, 6) is 1.37. The molecule has 0 rings (SSSR count). The lowest BCUT2D eigenvalue weighted by Gasteiger charge is -1.98. The van der Waals surface area contributed by atoms with Crippen LogP contribution in [0.15, 0.2) is 0 Å². The highest BCUT2D eigenvalue weighted by Crippen LogP contribution is 1.91. The Morgan fingerprint density at radius 3 is 2.78 bits per heavy atom. The molecule has 0 aliphatic heterocycles. The molecule has 0 aliphatic carbocycles. The molecule has 0 aromatic carbocycles. The van der Waals surface area contributed by atoms with Gasteiger partial charge in [-0.2, -0.15) is 0 Å². The zero-order valence-electron chi connectivity index (χ0n) is 5.00. The highest BCUT2D eigenvalue weighted by atomic mass is 16.4. The first-order valence-corrected chi connectivity index (χ1v) is 2.60. The first kappa shape index (κ1) is 7.99. The van der Waals surface area contributed by atoms with Crippen LogP contribution < -0.4 is 5.73 Å². The first-order chi connectivity index (χ1) is 4.16. The van der Waals surface area contributed by atoms with Gasteiger partial charge in [-0.3, -0.25) is 4.79 Å². The number of nitrogens with two attached hydrogens (primary N) is 1. The van der Waals surface area contributed by atoms with E-state index >= 15 is 0 Å². The average Bonchev–Trinajstić information content (AvgIpc) is 1.83. The highest BCUT2D eigenvalue weighted by molar-refractivity contribution is 5.66. The summed E-state index contributed by atoms with van der Waals surface area (Å²) in [6.07, 6.45) is 5.29. The van der Waals surface area contributed by atoms with Crippen molar-refractivity contribution >= 4 is 5.97 Å². The Hall–Kier alpha value is -1.01. The second kappa shape index (κ2) is 3.93. The Morgan fingerprint density at radius 2 is 2.44 bits per heavy atom. The predicted molar refractivity (Wildman–Crippen MR) is 33.7 cm³/mol. The standard InChI is InChI=1S/C6H9NO2/c1-2-5(7)3-4-6(8)9/h1,5H,3-4,7H2,(H,8,9)/t5-/m1/s1. The van der Waals surface area contributed by atoms with Gasteiger partial charge in [-0.15, -0.1) is 6.42 Å². The monoisotopic (exact) mass is 127 g/mol.